The molecule has 0 fully saturated rings. The van der Waals surface area contributed by atoms with Crippen molar-refractivity contribution in [1.82, 2.24) is 4.90 Å². The molecule has 4 heteroatoms. The predicted octanol–water partition coefficient (Wildman–Crippen LogP) is 4.38. The molecule has 108 valence electrons. The highest BCUT2D eigenvalue weighted by molar-refractivity contribution is 7.10. The molecule has 0 saturated heterocycles. The first-order chi connectivity index (χ1) is 10.1. The van der Waals surface area contributed by atoms with E-state index >= 15 is 0 Å². The van der Waals surface area contributed by atoms with E-state index in [9.17, 15) is 4.79 Å². The molecule has 0 aliphatic rings. The second-order valence-electron chi connectivity index (χ2n) is 5.24. The van der Waals surface area contributed by atoms with E-state index in [4.69, 9.17) is 4.42 Å². The zero-order valence-electron chi connectivity index (χ0n) is 12.3. The van der Waals surface area contributed by atoms with Crippen molar-refractivity contribution in [3.05, 3.63) is 57.5 Å². The zero-order chi connectivity index (χ0) is 15.0. The van der Waals surface area contributed by atoms with Crippen LogP contribution in [-0.4, -0.2) is 17.9 Å². The van der Waals surface area contributed by atoms with Crippen LogP contribution >= 0.6 is 11.3 Å². The number of hydrogen-bond donors (Lipinski definition) is 0. The Balaban J connectivity index is 1.89. The lowest BCUT2D eigenvalue weighted by Crippen LogP contribution is -2.26. The van der Waals surface area contributed by atoms with Crippen LogP contribution in [0.5, 0.6) is 0 Å². The van der Waals surface area contributed by atoms with Crippen LogP contribution in [0.15, 0.2) is 40.1 Å². The van der Waals surface area contributed by atoms with Crippen molar-refractivity contribution < 1.29 is 9.21 Å². The number of carbonyl (C=O) groups excluding carboxylic acids is 1. The van der Waals surface area contributed by atoms with E-state index in [1.807, 2.05) is 38.2 Å². The number of carbonyl (C=O) groups is 1. The summed E-state index contributed by atoms with van der Waals surface area (Å²) >= 11 is 1.68. The number of thiophene rings is 1. The lowest BCUT2D eigenvalue weighted by Gasteiger charge is -2.15. The first-order valence-electron chi connectivity index (χ1n) is 6.84. The number of furan rings is 1. The van der Waals surface area contributed by atoms with E-state index < -0.39 is 0 Å². The summed E-state index contributed by atoms with van der Waals surface area (Å²) in [6.45, 7) is 4.61. The fourth-order valence-corrected chi connectivity index (χ4v) is 3.36. The fraction of sp³-hybridized carbons (Fsp3) is 0.235. The predicted molar refractivity (Wildman–Crippen MR) is 85.8 cm³/mol. The molecule has 0 bridgehead atoms. The van der Waals surface area contributed by atoms with Gasteiger partial charge in [-0.1, -0.05) is 18.2 Å². The molecule has 0 N–H and O–H groups in total. The fourth-order valence-electron chi connectivity index (χ4n) is 2.40. The second-order valence-corrected chi connectivity index (χ2v) is 6.24. The van der Waals surface area contributed by atoms with Crippen LogP contribution in [0.2, 0.25) is 0 Å². The van der Waals surface area contributed by atoms with Crippen LogP contribution in [0.25, 0.3) is 11.0 Å². The summed E-state index contributed by atoms with van der Waals surface area (Å²) in [4.78, 5) is 15.5. The number of aryl methyl sites for hydroxylation is 2. The summed E-state index contributed by atoms with van der Waals surface area (Å²) in [5.74, 6) is 0.365. The number of para-hydroxylation sites is 1. The van der Waals surface area contributed by atoms with E-state index in [1.54, 1.807) is 16.2 Å². The molecule has 0 aliphatic heterocycles. The van der Waals surface area contributed by atoms with Gasteiger partial charge < -0.3 is 9.32 Å². The van der Waals surface area contributed by atoms with Crippen molar-refractivity contribution in [3.8, 4) is 0 Å². The quantitative estimate of drug-likeness (QED) is 0.719. The number of nitrogens with zero attached hydrogens (tertiary/aromatic N) is 1. The van der Waals surface area contributed by atoms with Crippen molar-refractivity contribution in [3.63, 3.8) is 0 Å². The molecule has 0 spiro atoms. The summed E-state index contributed by atoms with van der Waals surface area (Å²) in [5.41, 5.74) is 2.89. The van der Waals surface area contributed by atoms with Gasteiger partial charge in [0, 0.05) is 22.9 Å². The van der Waals surface area contributed by atoms with Gasteiger partial charge in [0.25, 0.3) is 5.91 Å². The summed E-state index contributed by atoms with van der Waals surface area (Å²) in [7, 11) is 1.81. The maximum Gasteiger partial charge on any atom is 0.289 e. The monoisotopic (exact) mass is 299 g/mol. The standard InChI is InChI=1S/C17H17NO2S/c1-11-8-9-21-15(11)10-18(3)17(19)16-12(2)13-6-4-5-7-14(13)20-16/h4-9H,10H2,1-3H3. The molecule has 1 amide bonds. The first kappa shape index (κ1) is 13.9. The van der Waals surface area contributed by atoms with Gasteiger partial charge in [0.15, 0.2) is 5.76 Å². The van der Waals surface area contributed by atoms with Gasteiger partial charge in [0.1, 0.15) is 5.58 Å². The van der Waals surface area contributed by atoms with Gasteiger partial charge >= 0.3 is 0 Å². The Morgan fingerprint density at radius 3 is 2.67 bits per heavy atom. The molecule has 0 saturated carbocycles. The topological polar surface area (TPSA) is 33.5 Å². The van der Waals surface area contributed by atoms with Crippen molar-refractivity contribution in [2.75, 3.05) is 7.05 Å². The summed E-state index contributed by atoms with van der Waals surface area (Å²) in [5, 5.41) is 3.05. The highest BCUT2D eigenvalue weighted by atomic mass is 32.1. The van der Waals surface area contributed by atoms with E-state index in [2.05, 4.69) is 18.4 Å². The second kappa shape index (κ2) is 5.37. The van der Waals surface area contributed by atoms with Crippen molar-refractivity contribution >= 4 is 28.2 Å². The molecule has 0 aliphatic carbocycles. The zero-order valence-corrected chi connectivity index (χ0v) is 13.2. The van der Waals surface area contributed by atoms with Crippen LogP contribution in [0, 0.1) is 13.8 Å². The third-order valence-corrected chi connectivity index (χ3v) is 4.74. The van der Waals surface area contributed by atoms with Gasteiger partial charge in [0.05, 0.1) is 6.54 Å². The van der Waals surface area contributed by atoms with E-state index in [1.165, 1.54) is 10.4 Å². The van der Waals surface area contributed by atoms with Crippen molar-refractivity contribution in [2.45, 2.75) is 20.4 Å². The van der Waals surface area contributed by atoms with Crippen molar-refractivity contribution in [1.29, 1.82) is 0 Å². The third kappa shape index (κ3) is 2.47. The molecule has 0 unspecified atom stereocenters. The Hall–Kier alpha value is -2.07. The number of benzene rings is 1. The van der Waals surface area contributed by atoms with Gasteiger partial charge in [-0.3, -0.25) is 4.79 Å². The SMILES string of the molecule is Cc1ccsc1CN(C)C(=O)c1oc2ccccc2c1C. The van der Waals surface area contributed by atoms with Crippen molar-refractivity contribution in [2.24, 2.45) is 0 Å². The smallest absolute Gasteiger partial charge is 0.289 e. The van der Waals surface area contributed by atoms with E-state index in [-0.39, 0.29) is 5.91 Å². The van der Waals surface area contributed by atoms with Gasteiger partial charge in [-0.05, 0) is 36.9 Å². The number of amides is 1. The molecule has 0 radical (unpaired) electrons. The number of rotatable bonds is 3. The first-order valence-corrected chi connectivity index (χ1v) is 7.72. The molecule has 3 rings (SSSR count). The highest BCUT2D eigenvalue weighted by Crippen LogP contribution is 2.26. The summed E-state index contributed by atoms with van der Waals surface area (Å²) < 4.78 is 5.74. The van der Waals surface area contributed by atoms with Crippen LogP contribution in [0.3, 0.4) is 0 Å². The van der Waals surface area contributed by atoms with Gasteiger partial charge in [0.2, 0.25) is 0 Å². The Bertz CT molecular complexity index is 800. The molecule has 2 heterocycles. The van der Waals surface area contributed by atoms with Crippen LogP contribution in [-0.2, 0) is 6.54 Å². The third-order valence-electron chi connectivity index (χ3n) is 3.73. The molecule has 2 aromatic heterocycles. The Kier molecular flexibility index (Phi) is 3.55. The molecular weight excluding hydrogens is 282 g/mol. The van der Waals surface area contributed by atoms with E-state index in [0.717, 1.165) is 16.5 Å². The summed E-state index contributed by atoms with van der Waals surface area (Å²) in [6, 6.07) is 9.82. The molecular formula is C17H17NO2S. The van der Waals surface area contributed by atoms with Crippen LogP contribution < -0.4 is 0 Å². The van der Waals surface area contributed by atoms with Gasteiger partial charge in [-0.25, -0.2) is 0 Å². The minimum Gasteiger partial charge on any atom is -0.451 e. The lowest BCUT2D eigenvalue weighted by atomic mass is 10.1. The van der Waals surface area contributed by atoms with Gasteiger partial charge in [-0.2, -0.15) is 0 Å². The average Bonchev–Trinajstić information content (AvgIpc) is 3.03. The number of fused-ring (bicyclic) bond motifs is 1. The Morgan fingerprint density at radius 2 is 2.00 bits per heavy atom. The minimum atomic E-state index is -0.0727. The molecule has 3 nitrogen and oxygen atoms in total. The molecule has 1 aromatic carbocycles. The number of hydrogen-bond acceptors (Lipinski definition) is 3. The average molecular weight is 299 g/mol. The molecule has 21 heavy (non-hydrogen) atoms. The van der Waals surface area contributed by atoms with Crippen LogP contribution in [0.4, 0.5) is 0 Å². The molecule has 0 atom stereocenters. The maximum atomic E-state index is 12.6. The van der Waals surface area contributed by atoms with Gasteiger partial charge in [-0.15, -0.1) is 11.3 Å². The normalized spacial score (nSPS) is 11.0. The highest BCUT2D eigenvalue weighted by Gasteiger charge is 2.21. The maximum absolute atomic E-state index is 12.6. The Morgan fingerprint density at radius 1 is 1.24 bits per heavy atom. The van der Waals surface area contributed by atoms with Crippen LogP contribution in [0.1, 0.15) is 26.6 Å². The summed E-state index contributed by atoms with van der Waals surface area (Å²) in [6.07, 6.45) is 0. The largest absolute Gasteiger partial charge is 0.451 e. The Labute approximate surface area is 127 Å². The molecule has 3 aromatic rings. The lowest BCUT2D eigenvalue weighted by molar-refractivity contribution is 0.0756. The van der Waals surface area contributed by atoms with E-state index in [0.29, 0.717) is 12.3 Å². The minimum absolute atomic E-state index is 0.0727.